The minimum atomic E-state index is -1.05. The summed E-state index contributed by atoms with van der Waals surface area (Å²) >= 11 is 0. The van der Waals surface area contributed by atoms with Crippen LogP contribution in [-0.2, 0) is 14.3 Å². The zero-order valence-electron chi connectivity index (χ0n) is 10.2. The van der Waals surface area contributed by atoms with Crippen LogP contribution >= 0.6 is 0 Å². The maximum Gasteiger partial charge on any atom is 0.332 e. The van der Waals surface area contributed by atoms with Crippen LogP contribution in [0.1, 0.15) is 39.5 Å². The van der Waals surface area contributed by atoms with Crippen molar-refractivity contribution in [1.82, 2.24) is 0 Å². The van der Waals surface area contributed by atoms with E-state index in [0.717, 1.165) is 19.3 Å². The summed E-state index contributed by atoms with van der Waals surface area (Å²) in [6.45, 7) is 3.63. The van der Waals surface area contributed by atoms with E-state index in [4.69, 9.17) is 5.11 Å². The lowest BCUT2D eigenvalue weighted by Crippen LogP contribution is -2.20. The van der Waals surface area contributed by atoms with E-state index in [9.17, 15) is 9.59 Å². The Kier molecular flexibility index (Phi) is 7.25. The lowest BCUT2D eigenvalue weighted by atomic mass is 9.99. The molecule has 0 aliphatic rings. The lowest BCUT2D eigenvalue weighted by molar-refractivity contribution is -0.146. The first kappa shape index (κ1) is 14.7. The monoisotopic (exact) mass is 228 g/mol. The average molecular weight is 228 g/mol. The summed E-state index contributed by atoms with van der Waals surface area (Å²) in [6, 6.07) is 0. The number of esters is 1. The predicted molar refractivity (Wildman–Crippen MR) is 61.0 cm³/mol. The number of allylic oxidation sites excluding steroid dienone is 1. The first-order chi connectivity index (χ1) is 7.54. The topological polar surface area (TPSA) is 63.6 Å². The molecule has 0 fully saturated rings. The number of carbonyl (C=O) groups excluding carboxylic acids is 1. The largest absolute Gasteiger partial charge is 0.478 e. The predicted octanol–water partition coefficient (Wildman–Crippen LogP) is 2.39. The quantitative estimate of drug-likeness (QED) is 0.413. The van der Waals surface area contributed by atoms with E-state index in [1.165, 1.54) is 7.11 Å². The number of carboxylic acid groups (broad SMARTS) is 1. The van der Waals surface area contributed by atoms with Gasteiger partial charge in [-0.1, -0.05) is 25.8 Å². The van der Waals surface area contributed by atoms with E-state index in [-0.39, 0.29) is 5.57 Å². The van der Waals surface area contributed by atoms with Gasteiger partial charge in [0.1, 0.15) is 0 Å². The number of carboxylic acids is 1. The third kappa shape index (κ3) is 4.96. The van der Waals surface area contributed by atoms with Crippen LogP contribution in [0, 0.1) is 5.92 Å². The third-order valence-corrected chi connectivity index (χ3v) is 2.44. The van der Waals surface area contributed by atoms with Crippen molar-refractivity contribution < 1.29 is 19.4 Å². The summed E-state index contributed by atoms with van der Waals surface area (Å²) < 4.78 is 4.53. The molecule has 1 atom stereocenters. The van der Waals surface area contributed by atoms with Crippen molar-refractivity contribution in [2.75, 3.05) is 7.11 Å². The number of carbonyl (C=O) groups is 2. The number of unbranched alkanes of at least 4 members (excludes halogenated alkanes) is 3. The summed E-state index contributed by atoms with van der Waals surface area (Å²) in [5, 5.41) is 8.97. The molecule has 0 radical (unpaired) electrons. The summed E-state index contributed by atoms with van der Waals surface area (Å²) in [4.78, 5) is 22.2. The number of aliphatic carboxylic acids is 1. The van der Waals surface area contributed by atoms with Crippen molar-refractivity contribution >= 4 is 11.9 Å². The number of ether oxygens (including phenoxy) is 1. The van der Waals surface area contributed by atoms with Crippen LogP contribution in [0.3, 0.4) is 0 Å². The summed E-state index contributed by atoms with van der Waals surface area (Å²) in [5.41, 5.74) is 0.128. The van der Waals surface area contributed by atoms with Crippen molar-refractivity contribution in [2.45, 2.75) is 39.5 Å². The molecular formula is C12H20O4. The van der Waals surface area contributed by atoms with Crippen molar-refractivity contribution in [2.24, 2.45) is 5.92 Å². The summed E-state index contributed by atoms with van der Waals surface area (Å²) in [6.07, 6.45) is 5.41. The molecule has 0 aromatic heterocycles. The fourth-order valence-electron chi connectivity index (χ4n) is 1.40. The Morgan fingerprint density at radius 3 is 2.44 bits per heavy atom. The maximum atomic E-state index is 11.2. The molecule has 0 aliphatic heterocycles. The number of hydrogen-bond donors (Lipinski definition) is 1. The smallest absolute Gasteiger partial charge is 0.332 e. The van der Waals surface area contributed by atoms with E-state index < -0.39 is 17.9 Å². The van der Waals surface area contributed by atoms with Gasteiger partial charge in [-0.3, -0.25) is 4.79 Å². The van der Waals surface area contributed by atoms with Gasteiger partial charge in [-0.05, 0) is 19.8 Å². The second-order valence-electron chi connectivity index (χ2n) is 3.71. The normalized spacial score (nSPS) is 13.3. The Balaban J connectivity index is 4.48. The number of methoxy groups -OCH3 is 1. The van der Waals surface area contributed by atoms with Crippen LogP contribution in [0.5, 0.6) is 0 Å². The molecule has 0 saturated heterocycles. The van der Waals surface area contributed by atoms with E-state index in [0.29, 0.717) is 6.42 Å². The first-order valence-electron chi connectivity index (χ1n) is 5.55. The highest BCUT2D eigenvalue weighted by Crippen LogP contribution is 2.14. The van der Waals surface area contributed by atoms with E-state index >= 15 is 0 Å². The fraction of sp³-hybridized carbons (Fsp3) is 0.667. The van der Waals surface area contributed by atoms with Gasteiger partial charge < -0.3 is 9.84 Å². The van der Waals surface area contributed by atoms with Crippen LogP contribution < -0.4 is 0 Å². The molecule has 0 amide bonds. The Morgan fingerprint density at radius 1 is 1.38 bits per heavy atom. The van der Waals surface area contributed by atoms with Gasteiger partial charge in [-0.15, -0.1) is 0 Å². The Labute approximate surface area is 96.3 Å². The molecular weight excluding hydrogens is 208 g/mol. The molecule has 16 heavy (non-hydrogen) atoms. The molecule has 0 aliphatic carbocycles. The molecule has 4 nitrogen and oxygen atoms in total. The van der Waals surface area contributed by atoms with Crippen LogP contribution in [0.15, 0.2) is 11.6 Å². The van der Waals surface area contributed by atoms with Crippen molar-refractivity contribution in [3.63, 3.8) is 0 Å². The van der Waals surface area contributed by atoms with Crippen molar-refractivity contribution in [3.8, 4) is 0 Å². The van der Waals surface area contributed by atoms with Gasteiger partial charge in [0.05, 0.1) is 13.0 Å². The highest BCUT2D eigenvalue weighted by molar-refractivity contribution is 5.94. The second-order valence-corrected chi connectivity index (χ2v) is 3.71. The van der Waals surface area contributed by atoms with E-state index in [1.807, 2.05) is 0 Å². The number of hydrogen-bond acceptors (Lipinski definition) is 3. The van der Waals surface area contributed by atoms with Crippen LogP contribution in [0.4, 0.5) is 0 Å². The molecule has 0 saturated carbocycles. The van der Waals surface area contributed by atoms with Gasteiger partial charge in [-0.25, -0.2) is 4.79 Å². The summed E-state index contributed by atoms with van der Waals surface area (Å²) in [5.74, 6) is -2.26. The standard InChI is InChI=1S/C12H20O4/c1-4-5-6-7-8-10(11(13)14)9(2)12(15)16-3/h8-9H,4-7H2,1-3H3,(H,13,14)/t9-/m1/s1. The molecule has 0 heterocycles. The zero-order valence-corrected chi connectivity index (χ0v) is 10.2. The lowest BCUT2D eigenvalue weighted by Gasteiger charge is -2.09. The van der Waals surface area contributed by atoms with E-state index in [2.05, 4.69) is 11.7 Å². The molecule has 92 valence electrons. The van der Waals surface area contributed by atoms with Crippen LogP contribution in [0.25, 0.3) is 0 Å². The van der Waals surface area contributed by atoms with Gasteiger partial charge in [0, 0.05) is 5.57 Å². The third-order valence-electron chi connectivity index (χ3n) is 2.44. The van der Waals surface area contributed by atoms with Gasteiger partial charge in [0.25, 0.3) is 0 Å². The second kappa shape index (κ2) is 7.91. The van der Waals surface area contributed by atoms with Gasteiger partial charge in [0.15, 0.2) is 0 Å². The average Bonchev–Trinajstić information content (AvgIpc) is 2.26. The molecule has 0 bridgehead atoms. The fourth-order valence-corrected chi connectivity index (χ4v) is 1.40. The SMILES string of the molecule is CCCCCC=C(C(=O)O)[C@@H](C)C(=O)OC. The Bertz CT molecular complexity index is 268. The van der Waals surface area contributed by atoms with E-state index in [1.54, 1.807) is 13.0 Å². The Morgan fingerprint density at radius 2 is 2.00 bits per heavy atom. The van der Waals surface area contributed by atoms with Gasteiger partial charge in [0.2, 0.25) is 0 Å². The minimum Gasteiger partial charge on any atom is -0.478 e. The van der Waals surface area contributed by atoms with Gasteiger partial charge in [-0.2, -0.15) is 0 Å². The zero-order chi connectivity index (χ0) is 12.6. The maximum absolute atomic E-state index is 11.2. The molecule has 0 aromatic rings. The van der Waals surface area contributed by atoms with Crippen LogP contribution in [-0.4, -0.2) is 24.2 Å². The first-order valence-corrected chi connectivity index (χ1v) is 5.55. The summed E-state index contributed by atoms with van der Waals surface area (Å²) in [7, 11) is 1.26. The number of rotatable bonds is 7. The minimum absolute atomic E-state index is 0.128. The molecule has 0 rings (SSSR count). The molecule has 0 unspecified atom stereocenters. The highest BCUT2D eigenvalue weighted by Gasteiger charge is 2.23. The van der Waals surface area contributed by atoms with Gasteiger partial charge >= 0.3 is 11.9 Å². The highest BCUT2D eigenvalue weighted by atomic mass is 16.5. The molecule has 0 spiro atoms. The molecule has 0 aromatic carbocycles. The van der Waals surface area contributed by atoms with Crippen LogP contribution in [0.2, 0.25) is 0 Å². The Hall–Kier alpha value is -1.32. The van der Waals surface area contributed by atoms with Crippen molar-refractivity contribution in [3.05, 3.63) is 11.6 Å². The van der Waals surface area contributed by atoms with Crippen molar-refractivity contribution in [1.29, 1.82) is 0 Å². The molecule has 1 N–H and O–H groups in total. The molecule has 4 heteroatoms.